The minimum Gasteiger partial charge on any atom is -0.342 e. The van der Waals surface area contributed by atoms with Crippen molar-refractivity contribution >= 4 is 17.5 Å². The van der Waals surface area contributed by atoms with Crippen LogP contribution in [0.4, 0.5) is 14.5 Å². The molecule has 0 radical (unpaired) electrons. The molecule has 0 heterocycles. The third kappa shape index (κ3) is 5.86. The predicted octanol–water partition coefficient (Wildman–Crippen LogP) is 1.96. The molecule has 0 fully saturated rings. The molecule has 2 aromatic carbocycles. The monoisotopic (exact) mass is 376 g/mol. The van der Waals surface area contributed by atoms with Gasteiger partial charge >= 0.3 is 0 Å². The summed E-state index contributed by atoms with van der Waals surface area (Å²) >= 11 is 0. The van der Waals surface area contributed by atoms with Gasteiger partial charge in [-0.1, -0.05) is 18.2 Å². The molecule has 0 aliphatic heterocycles. The lowest BCUT2D eigenvalue weighted by Crippen LogP contribution is -2.87. The number of nitrogens with two attached hydrogens (primary N) is 1. The first-order valence-corrected chi connectivity index (χ1v) is 8.69. The van der Waals surface area contributed by atoms with Crippen LogP contribution in [0.3, 0.4) is 0 Å². The average Bonchev–Trinajstić information content (AvgIpc) is 2.61. The molecule has 2 aromatic rings. The van der Waals surface area contributed by atoms with Crippen LogP contribution in [0.15, 0.2) is 36.4 Å². The normalized spacial score (nSPS) is 11.7. The largest absolute Gasteiger partial charge is 0.342 e. The van der Waals surface area contributed by atoms with Gasteiger partial charge in [0.1, 0.15) is 17.7 Å². The summed E-state index contributed by atoms with van der Waals surface area (Å²) in [5.41, 5.74) is 2.94. The van der Waals surface area contributed by atoms with Crippen molar-refractivity contribution in [3.63, 3.8) is 0 Å². The number of nitrogens with one attached hydrogen (secondary N) is 2. The first-order chi connectivity index (χ1) is 12.8. The van der Waals surface area contributed by atoms with E-state index in [1.54, 1.807) is 12.2 Å². The zero-order chi connectivity index (χ0) is 20.0. The van der Waals surface area contributed by atoms with Crippen molar-refractivity contribution in [2.45, 2.75) is 26.8 Å². The van der Waals surface area contributed by atoms with Crippen LogP contribution in [0.1, 0.15) is 29.7 Å². The molecule has 4 N–H and O–H groups in total. The van der Waals surface area contributed by atoms with Gasteiger partial charge in [-0.15, -0.1) is 0 Å². The summed E-state index contributed by atoms with van der Waals surface area (Å²) in [6.45, 7) is 5.38. The molecular weight excluding hydrogens is 352 g/mol. The number of carbonyl (C=O) groups is 2. The molecule has 7 heteroatoms. The number of rotatable bonds is 7. The molecule has 0 aliphatic carbocycles. The zero-order valence-electron chi connectivity index (χ0n) is 15.6. The Balaban J connectivity index is 1.79. The molecule has 0 aromatic heterocycles. The van der Waals surface area contributed by atoms with Gasteiger partial charge in [-0.05, 0) is 44.0 Å². The van der Waals surface area contributed by atoms with Gasteiger partial charge in [0.25, 0.3) is 5.91 Å². The first-order valence-electron chi connectivity index (χ1n) is 8.69. The van der Waals surface area contributed by atoms with Gasteiger partial charge in [0.15, 0.2) is 6.54 Å². The van der Waals surface area contributed by atoms with Gasteiger partial charge in [0.05, 0.1) is 6.54 Å². The van der Waals surface area contributed by atoms with Crippen molar-refractivity contribution in [3.05, 3.63) is 64.7 Å². The fourth-order valence-electron chi connectivity index (χ4n) is 2.73. The third-order valence-corrected chi connectivity index (χ3v) is 4.30. The summed E-state index contributed by atoms with van der Waals surface area (Å²) in [5.74, 6) is -1.96. The van der Waals surface area contributed by atoms with Crippen LogP contribution in [0.2, 0.25) is 0 Å². The summed E-state index contributed by atoms with van der Waals surface area (Å²) in [6.07, 6.45) is 0. The molecule has 1 atom stereocenters. The molecule has 0 spiro atoms. The second-order valence-corrected chi connectivity index (χ2v) is 6.49. The molecule has 0 saturated heterocycles. The van der Waals surface area contributed by atoms with Crippen molar-refractivity contribution in [2.24, 2.45) is 0 Å². The van der Waals surface area contributed by atoms with Crippen LogP contribution in [0.25, 0.3) is 0 Å². The first kappa shape index (κ1) is 20.5. The van der Waals surface area contributed by atoms with E-state index in [2.05, 4.69) is 10.6 Å². The highest BCUT2D eigenvalue weighted by molar-refractivity contribution is 5.95. The third-order valence-electron chi connectivity index (χ3n) is 4.30. The number of para-hydroxylation sites is 1. The fourth-order valence-corrected chi connectivity index (χ4v) is 2.73. The maximum atomic E-state index is 13.7. The number of anilines is 1. The summed E-state index contributed by atoms with van der Waals surface area (Å²) in [7, 11) is 0. The fraction of sp³-hybridized carbons (Fsp3) is 0.300. The highest BCUT2D eigenvalue weighted by Crippen LogP contribution is 2.19. The number of quaternary nitrogens is 1. The molecule has 0 aliphatic rings. The number of halogens is 2. The van der Waals surface area contributed by atoms with Crippen molar-refractivity contribution in [1.82, 2.24) is 5.32 Å². The Morgan fingerprint density at radius 3 is 2.37 bits per heavy atom. The van der Waals surface area contributed by atoms with Gasteiger partial charge in [-0.3, -0.25) is 9.59 Å². The van der Waals surface area contributed by atoms with Crippen LogP contribution in [0, 0.1) is 25.5 Å². The number of hydrogen-bond donors (Lipinski definition) is 3. The van der Waals surface area contributed by atoms with Crippen LogP contribution >= 0.6 is 0 Å². The number of aryl methyl sites for hydroxylation is 2. The molecular formula is C20H24F2N3O2+. The lowest BCUT2D eigenvalue weighted by atomic mass is 10.1. The van der Waals surface area contributed by atoms with Gasteiger partial charge < -0.3 is 16.0 Å². The Morgan fingerprint density at radius 2 is 1.74 bits per heavy atom. The van der Waals surface area contributed by atoms with Gasteiger partial charge in [-0.25, -0.2) is 8.78 Å². The number of benzene rings is 2. The Morgan fingerprint density at radius 1 is 1.07 bits per heavy atom. The SMILES string of the molecule is Cc1cccc(C)c1NC(=O)CNC(=O)C[NH2+][C@H](C)c1ccc(F)cc1F. The van der Waals surface area contributed by atoms with E-state index in [-0.39, 0.29) is 30.9 Å². The number of hydrogen-bond acceptors (Lipinski definition) is 2. The van der Waals surface area contributed by atoms with E-state index in [4.69, 9.17) is 0 Å². The van der Waals surface area contributed by atoms with Crippen LogP contribution in [-0.4, -0.2) is 24.9 Å². The van der Waals surface area contributed by atoms with Crippen molar-refractivity contribution < 1.29 is 23.7 Å². The maximum absolute atomic E-state index is 13.7. The Kier molecular flexibility index (Phi) is 7.01. The summed E-state index contributed by atoms with van der Waals surface area (Å²) in [5, 5.41) is 6.94. The molecule has 5 nitrogen and oxygen atoms in total. The van der Waals surface area contributed by atoms with Gasteiger partial charge in [0.2, 0.25) is 5.91 Å². The lowest BCUT2D eigenvalue weighted by Gasteiger charge is -2.13. The summed E-state index contributed by atoms with van der Waals surface area (Å²) in [4.78, 5) is 24.0. The van der Waals surface area contributed by atoms with Crippen LogP contribution in [-0.2, 0) is 9.59 Å². The van der Waals surface area contributed by atoms with Gasteiger partial charge in [0, 0.05) is 17.3 Å². The smallest absolute Gasteiger partial charge is 0.275 e. The highest BCUT2D eigenvalue weighted by atomic mass is 19.1. The highest BCUT2D eigenvalue weighted by Gasteiger charge is 2.16. The van der Waals surface area contributed by atoms with E-state index < -0.39 is 11.6 Å². The minimum absolute atomic E-state index is 0.0225. The average molecular weight is 376 g/mol. The van der Waals surface area contributed by atoms with E-state index in [0.29, 0.717) is 5.56 Å². The zero-order valence-corrected chi connectivity index (χ0v) is 15.6. The molecule has 0 saturated carbocycles. The van der Waals surface area contributed by atoms with Crippen molar-refractivity contribution in [3.8, 4) is 0 Å². The minimum atomic E-state index is -0.646. The molecule has 144 valence electrons. The summed E-state index contributed by atoms with van der Waals surface area (Å²) in [6, 6.07) is 8.70. The summed E-state index contributed by atoms with van der Waals surface area (Å²) < 4.78 is 26.7. The molecule has 0 bridgehead atoms. The maximum Gasteiger partial charge on any atom is 0.275 e. The predicted molar refractivity (Wildman–Crippen MR) is 99.1 cm³/mol. The van der Waals surface area contributed by atoms with E-state index >= 15 is 0 Å². The van der Waals surface area contributed by atoms with Crippen molar-refractivity contribution in [2.75, 3.05) is 18.4 Å². The second-order valence-electron chi connectivity index (χ2n) is 6.49. The second kappa shape index (κ2) is 9.23. The molecule has 0 unspecified atom stereocenters. The number of carbonyl (C=O) groups excluding carboxylic acids is 2. The number of amides is 2. The van der Waals surface area contributed by atoms with Gasteiger partial charge in [-0.2, -0.15) is 0 Å². The molecule has 27 heavy (non-hydrogen) atoms. The molecule has 2 rings (SSSR count). The molecule has 2 amide bonds. The Hall–Kier alpha value is -2.80. The standard InChI is InChI=1S/C20H23F2N3O2/c1-12-5-4-6-13(2)20(12)25-19(27)11-24-18(26)10-23-14(3)16-8-7-15(21)9-17(16)22/h4-9,14,23H,10-11H2,1-3H3,(H,24,26)(H,25,27)/p+1/t14-/m1/s1. The Bertz CT molecular complexity index is 820. The van der Waals surface area contributed by atoms with Crippen LogP contribution < -0.4 is 16.0 Å². The van der Waals surface area contributed by atoms with E-state index in [0.717, 1.165) is 22.9 Å². The topological polar surface area (TPSA) is 74.8 Å². The Labute approximate surface area is 157 Å². The van der Waals surface area contributed by atoms with Crippen LogP contribution in [0.5, 0.6) is 0 Å². The quantitative estimate of drug-likeness (QED) is 0.691. The van der Waals surface area contributed by atoms with E-state index in [1.807, 2.05) is 32.0 Å². The van der Waals surface area contributed by atoms with E-state index in [9.17, 15) is 18.4 Å². The van der Waals surface area contributed by atoms with Crippen molar-refractivity contribution in [1.29, 1.82) is 0 Å². The van der Waals surface area contributed by atoms with E-state index in [1.165, 1.54) is 12.1 Å². The lowest BCUT2D eigenvalue weighted by molar-refractivity contribution is -0.682.